The van der Waals surface area contributed by atoms with Crippen LogP contribution in [0.1, 0.15) is 23.2 Å². The average molecular weight is 465 g/mol. The summed E-state index contributed by atoms with van der Waals surface area (Å²) in [5.41, 5.74) is 2.62. The predicted octanol–water partition coefficient (Wildman–Crippen LogP) is 5.64. The van der Waals surface area contributed by atoms with Gasteiger partial charge >= 0.3 is 0 Å². The van der Waals surface area contributed by atoms with Crippen LogP contribution in [0.4, 0.5) is 13.2 Å². The van der Waals surface area contributed by atoms with Crippen molar-refractivity contribution >= 4 is 5.91 Å². The van der Waals surface area contributed by atoms with Crippen molar-refractivity contribution in [2.75, 3.05) is 0 Å². The Morgan fingerprint density at radius 3 is 2.38 bits per heavy atom. The molecule has 0 fully saturated rings. The molecule has 174 valence electrons. The molecule has 34 heavy (non-hydrogen) atoms. The second kappa shape index (κ2) is 10.2. The zero-order chi connectivity index (χ0) is 24.1. The van der Waals surface area contributed by atoms with Crippen LogP contribution in [0, 0.1) is 24.4 Å². The summed E-state index contributed by atoms with van der Waals surface area (Å²) in [4.78, 5) is 12.5. The fourth-order valence-electron chi connectivity index (χ4n) is 3.47. The topological polar surface area (TPSA) is 56.2 Å². The molecule has 0 radical (unpaired) electrons. The van der Waals surface area contributed by atoms with Crippen molar-refractivity contribution in [3.63, 3.8) is 0 Å². The fraction of sp³-hybridized carbons (Fsp3) is 0.154. The van der Waals surface area contributed by atoms with E-state index in [4.69, 9.17) is 4.74 Å². The van der Waals surface area contributed by atoms with Gasteiger partial charge in [0, 0.05) is 24.6 Å². The lowest BCUT2D eigenvalue weighted by Crippen LogP contribution is -2.23. The molecule has 3 aromatic carbocycles. The first kappa shape index (κ1) is 23.1. The zero-order valence-electron chi connectivity index (χ0n) is 18.4. The van der Waals surface area contributed by atoms with E-state index in [1.807, 2.05) is 30.3 Å². The number of carbonyl (C=O) groups is 1. The van der Waals surface area contributed by atoms with Gasteiger partial charge in [0.15, 0.2) is 11.6 Å². The van der Waals surface area contributed by atoms with Crippen LogP contribution in [0.25, 0.3) is 5.69 Å². The molecular formula is C26H22F3N3O2. The van der Waals surface area contributed by atoms with Crippen LogP contribution in [-0.4, -0.2) is 15.7 Å². The molecule has 0 atom stereocenters. The van der Waals surface area contributed by atoms with E-state index in [2.05, 4.69) is 10.4 Å². The summed E-state index contributed by atoms with van der Waals surface area (Å²) in [6.07, 6.45) is 0.414. The first-order valence-corrected chi connectivity index (χ1v) is 10.7. The predicted molar refractivity (Wildman–Crippen MR) is 121 cm³/mol. The standard InChI is InChI=1S/C26H22F3N3O2/c1-17-22(12-14-25(33)30-16-18-5-3-2-4-6-18)26(34-24-13-9-20(28)15-23(24)29)32(31-17)21-10-7-19(27)8-11-21/h2-11,13,15H,12,14,16H2,1H3,(H,30,33). The van der Waals surface area contributed by atoms with Crippen molar-refractivity contribution in [2.24, 2.45) is 0 Å². The average Bonchev–Trinajstić information content (AvgIpc) is 3.14. The lowest BCUT2D eigenvalue weighted by atomic mass is 10.1. The van der Waals surface area contributed by atoms with Crippen LogP contribution >= 0.6 is 0 Å². The first-order valence-electron chi connectivity index (χ1n) is 10.7. The fourth-order valence-corrected chi connectivity index (χ4v) is 3.47. The van der Waals surface area contributed by atoms with E-state index >= 15 is 0 Å². The number of aromatic nitrogens is 2. The largest absolute Gasteiger partial charge is 0.436 e. The van der Waals surface area contributed by atoms with Crippen LogP contribution in [-0.2, 0) is 17.8 Å². The van der Waals surface area contributed by atoms with Gasteiger partial charge in [-0.25, -0.2) is 17.9 Å². The van der Waals surface area contributed by atoms with Crippen molar-refractivity contribution in [2.45, 2.75) is 26.3 Å². The van der Waals surface area contributed by atoms with Crippen molar-refractivity contribution in [3.05, 3.63) is 107 Å². The number of halogens is 3. The number of aryl methyl sites for hydroxylation is 1. The third-order valence-electron chi connectivity index (χ3n) is 5.24. The Morgan fingerprint density at radius 2 is 1.68 bits per heavy atom. The monoisotopic (exact) mass is 465 g/mol. The van der Waals surface area contributed by atoms with Crippen LogP contribution < -0.4 is 10.1 Å². The third kappa shape index (κ3) is 5.46. The summed E-state index contributed by atoms with van der Waals surface area (Å²) in [6, 6.07) is 18.1. The van der Waals surface area contributed by atoms with Gasteiger partial charge in [0.2, 0.25) is 11.8 Å². The molecule has 1 heterocycles. The summed E-state index contributed by atoms with van der Waals surface area (Å²) in [6.45, 7) is 2.14. The van der Waals surface area contributed by atoms with E-state index < -0.39 is 17.5 Å². The van der Waals surface area contributed by atoms with Gasteiger partial charge in [-0.15, -0.1) is 0 Å². The van der Waals surface area contributed by atoms with E-state index in [0.29, 0.717) is 23.5 Å². The highest BCUT2D eigenvalue weighted by atomic mass is 19.1. The zero-order valence-corrected chi connectivity index (χ0v) is 18.4. The minimum absolute atomic E-state index is 0.144. The van der Waals surface area contributed by atoms with Crippen molar-refractivity contribution in [1.82, 2.24) is 15.1 Å². The first-order chi connectivity index (χ1) is 16.4. The SMILES string of the molecule is Cc1nn(-c2ccc(F)cc2)c(Oc2ccc(F)cc2F)c1CCC(=O)NCc1ccccc1. The molecule has 1 aromatic heterocycles. The molecule has 0 unspecified atom stereocenters. The number of hydrogen-bond donors (Lipinski definition) is 1. The maximum Gasteiger partial charge on any atom is 0.226 e. The number of amides is 1. The summed E-state index contributed by atoms with van der Waals surface area (Å²) in [7, 11) is 0. The molecule has 1 N–H and O–H groups in total. The number of ether oxygens (including phenoxy) is 1. The minimum Gasteiger partial charge on any atom is -0.436 e. The van der Waals surface area contributed by atoms with E-state index in [1.54, 1.807) is 6.92 Å². The van der Waals surface area contributed by atoms with Crippen LogP contribution in [0.3, 0.4) is 0 Å². The van der Waals surface area contributed by atoms with Gasteiger partial charge in [0.25, 0.3) is 0 Å². The molecule has 4 aromatic rings. The number of nitrogens with one attached hydrogen (secondary N) is 1. The smallest absolute Gasteiger partial charge is 0.226 e. The van der Waals surface area contributed by atoms with Gasteiger partial charge in [-0.1, -0.05) is 30.3 Å². The molecule has 0 aliphatic rings. The van der Waals surface area contributed by atoms with E-state index in [1.165, 1.54) is 35.0 Å². The third-order valence-corrected chi connectivity index (χ3v) is 5.24. The second-order valence-electron chi connectivity index (χ2n) is 7.70. The van der Waals surface area contributed by atoms with Gasteiger partial charge in [-0.3, -0.25) is 4.79 Å². The molecule has 4 rings (SSSR count). The molecule has 0 saturated carbocycles. The Hall–Kier alpha value is -4.07. The highest BCUT2D eigenvalue weighted by Gasteiger charge is 2.21. The Labute approximate surface area is 194 Å². The van der Waals surface area contributed by atoms with Gasteiger partial charge in [-0.2, -0.15) is 5.10 Å². The van der Waals surface area contributed by atoms with E-state index in [9.17, 15) is 18.0 Å². The molecular weight excluding hydrogens is 443 g/mol. The Balaban J connectivity index is 1.59. The summed E-state index contributed by atoms with van der Waals surface area (Å²) in [5, 5.41) is 7.33. The molecule has 5 nitrogen and oxygen atoms in total. The Morgan fingerprint density at radius 1 is 0.971 bits per heavy atom. The van der Waals surface area contributed by atoms with Crippen LogP contribution in [0.5, 0.6) is 11.6 Å². The normalized spacial score (nSPS) is 10.8. The maximum atomic E-state index is 14.3. The lowest BCUT2D eigenvalue weighted by Gasteiger charge is -2.12. The minimum atomic E-state index is -0.879. The number of hydrogen-bond acceptors (Lipinski definition) is 3. The van der Waals surface area contributed by atoms with Gasteiger partial charge in [-0.05, 0) is 55.3 Å². The highest BCUT2D eigenvalue weighted by Crippen LogP contribution is 2.33. The summed E-state index contributed by atoms with van der Waals surface area (Å²) < 4.78 is 48.4. The number of rotatable bonds is 8. The molecule has 0 aliphatic heterocycles. The number of nitrogens with zero attached hydrogens (tertiary/aromatic N) is 2. The summed E-state index contributed by atoms with van der Waals surface area (Å²) >= 11 is 0. The maximum absolute atomic E-state index is 14.3. The second-order valence-corrected chi connectivity index (χ2v) is 7.70. The molecule has 8 heteroatoms. The quantitative estimate of drug-likeness (QED) is 0.367. The van der Waals surface area contributed by atoms with Crippen LogP contribution in [0.15, 0.2) is 72.8 Å². The lowest BCUT2D eigenvalue weighted by molar-refractivity contribution is -0.121. The Bertz CT molecular complexity index is 1290. The molecule has 0 bridgehead atoms. The molecule has 0 aliphatic carbocycles. The van der Waals surface area contributed by atoms with E-state index in [-0.39, 0.29) is 30.4 Å². The van der Waals surface area contributed by atoms with E-state index in [0.717, 1.165) is 17.7 Å². The molecule has 0 saturated heterocycles. The van der Waals surface area contributed by atoms with Gasteiger partial charge < -0.3 is 10.1 Å². The molecule has 0 spiro atoms. The molecule has 1 amide bonds. The van der Waals surface area contributed by atoms with Crippen molar-refractivity contribution < 1.29 is 22.7 Å². The number of benzene rings is 3. The number of carbonyl (C=O) groups excluding carboxylic acids is 1. The highest BCUT2D eigenvalue weighted by molar-refractivity contribution is 5.76. The van der Waals surface area contributed by atoms with Crippen LogP contribution in [0.2, 0.25) is 0 Å². The Kier molecular flexibility index (Phi) is 6.96. The summed E-state index contributed by atoms with van der Waals surface area (Å²) in [5.74, 6) is -2.23. The van der Waals surface area contributed by atoms with Gasteiger partial charge in [0.1, 0.15) is 11.6 Å². The van der Waals surface area contributed by atoms with Crippen molar-refractivity contribution in [3.8, 4) is 17.3 Å². The van der Waals surface area contributed by atoms with Crippen molar-refractivity contribution in [1.29, 1.82) is 0 Å². The van der Waals surface area contributed by atoms with Gasteiger partial charge in [0.05, 0.1) is 11.4 Å².